The molecule has 0 aliphatic rings. The molecule has 0 aliphatic heterocycles. The number of benzene rings is 3. The molecule has 0 fully saturated rings. The van der Waals surface area contributed by atoms with Crippen molar-refractivity contribution in [3.63, 3.8) is 0 Å². The van der Waals surface area contributed by atoms with Crippen molar-refractivity contribution in [2.45, 2.75) is 25.2 Å². The maximum Gasteiger partial charge on any atom is 0.471 e. The van der Waals surface area contributed by atoms with Crippen molar-refractivity contribution in [1.29, 1.82) is 0 Å². The molecular formula is C24H18F5N3O2. The lowest BCUT2D eigenvalue weighted by atomic mass is 10.0. The number of hydrogen-bond acceptors (Lipinski definition) is 3. The van der Waals surface area contributed by atoms with E-state index in [0.717, 1.165) is 6.07 Å². The number of amides is 1. The van der Waals surface area contributed by atoms with Crippen LogP contribution in [-0.2, 0) is 4.79 Å². The van der Waals surface area contributed by atoms with Crippen molar-refractivity contribution in [2.75, 3.05) is 0 Å². The summed E-state index contributed by atoms with van der Waals surface area (Å²) >= 11 is 0. The minimum absolute atomic E-state index is 0.247. The third-order valence-corrected chi connectivity index (χ3v) is 5.12. The van der Waals surface area contributed by atoms with Gasteiger partial charge in [-0.1, -0.05) is 12.1 Å². The number of rotatable bonds is 6. The van der Waals surface area contributed by atoms with Crippen LogP contribution in [0.3, 0.4) is 0 Å². The monoisotopic (exact) mass is 475 g/mol. The Bertz CT molecular complexity index is 1320. The Kier molecular flexibility index (Phi) is 6.23. The molecule has 10 heteroatoms. The summed E-state index contributed by atoms with van der Waals surface area (Å²) in [6.07, 6.45) is -4.64. The SMILES string of the molecule is CC(NC(=O)C(F)(F)F)C(Oc1ccc2c(cnn2-c2ccc(F)cc2)c1)c1cccc(F)c1. The van der Waals surface area contributed by atoms with Gasteiger partial charge in [-0.3, -0.25) is 4.79 Å². The summed E-state index contributed by atoms with van der Waals surface area (Å²) in [5.74, 6) is -2.84. The standard InChI is InChI=1S/C24H18F5N3O2/c1-14(31-23(33)24(27,28)29)22(15-3-2-4-18(26)11-15)34-20-9-10-21-16(12-20)13-30-32(21)19-7-5-17(25)6-8-19/h2-14,22H,1H3,(H,31,33). The van der Waals surface area contributed by atoms with Crippen molar-refractivity contribution >= 4 is 16.8 Å². The van der Waals surface area contributed by atoms with E-state index in [-0.39, 0.29) is 17.1 Å². The predicted octanol–water partition coefficient (Wildman–Crippen LogP) is 5.49. The fourth-order valence-corrected chi connectivity index (χ4v) is 3.53. The highest BCUT2D eigenvalue weighted by Gasteiger charge is 2.40. The number of nitrogens with zero attached hydrogens (tertiary/aromatic N) is 2. The second-order valence-corrected chi connectivity index (χ2v) is 7.61. The van der Waals surface area contributed by atoms with Crippen LogP contribution in [0.2, 0.25) is 0 Å². The lowest BCUT2D eigenvalue weighted by Gasteiger charge is -2.27. The number of nitrogens with one attached hydrogen (secondary N) is 1. The molecule has 2 atom stereocenters. The minimum atomic E-state index is -5.07. The van der Waals surface area contributed by atoms with E-state index in [1.165, 1.54) is 37.3 Å². The molecule has 0 saturated carbocycles. The second kappa shape index (κ2) is 9.12. The minimum Gasteiger partial charge on any atom is -0.484 e. The Morgan fingerprint density at radius 2 is 1.74 bits per heavy atom. The summed E-state index contributed by atoms with van der Waals surface area (Å²) in [4.78, 5) is 11.5. The molecule has 4 rings (SSSR count). The zero-order chi connectivity index (χ0) is 24.5. The lowest BCUT2D eigenvalue weighted by molar-refractivity contribution is -0.174. The number of ether oxygens (including phenoxy) is 1. The third kappa shape index (κ3) is 5.00. The van der Waals surface area contributed by atoms with E-state index in [1.807, 2.05) is 5.32 Å². The largest absolute Gasteiger partial charge is 0.484 e. The highest BCUT2D eigenvalue weighted by atomic mass is 19.4. The topological polar surface area (TPSA) is 56.1 Å². The van der Waals surface area contributed by atoms with Gasteiger partial charge in [0.15, 0.2) is 0 Å². The van der Waals surface area contributed by atoms with Gasteiger partial charge < -0.3 is 10.1 Å². The maximum atomic E-state index is 13.8. The predicted molar refractivity (Wildman–Crippen MR) is 114 cm³/mol. The van der Waals surface area contributed by atoms with Gasteiger partial charge in [0.25, 0.3) is 0 Å². The van der Waals surface area contributed by atoms with Crippen molar-refractivity contribution < 1.29 is 31.5 Å². The molecule has 0 spiro atoms. The fourth-order valence-electron chi connectivity index (χ4n) is 3.53. The molecule has 4 aromatic rings. The van der Waals surface area contributed by atoms with E-state index in [2.05, 4.69) is 5.10 Å². The van der Waals surface area contributed by atoms with Crippen molar-refractivity contribution in [3.8, 4) is 11.4 Å². The summed E-state index contributed by atoms with van der Waals surface area (Å²) in [5.41, 5.74) is 1.56. The summed E-state index contributed by atoms with van der Waals surface area (Å²) in [7, 11) is 0. The van der Waals surface area contributed by atoms with Crippen LogP contribution < -0.4 is 10.1 Å². The van der Waals surface area contributed by atoms with Crippen LogP contribution in [0.5, 0.6) is 5.75 Å². The Balaban J connectivity index is 1.64. The first kappa shape index (κ1) is 23.2. The molecule has 0 saturated heterocycles. The smallest absolute Gasteiger partial charge is 0.471 e. The first-order chi connectivity index (χ1) is 16.1. The molecular weight excluding hydrogens is 457 g/mol. The van der Waals surface area contributed by atoms with Gasteiger partial charge >= 0.3 is 12.1 Å². The number of carbonyl (C=O) groups is 1. The van der Waals surface area contributed by atoms with Crippen LogP contribution in [0.15, 0.2) is 72.9 Å². The van der Waals surface area contributed by atoms with E-state index in [9.17, 15) is 26.7 Å². The molecule has 0 aliphatic carbocycles. The van der Waals surface area contributed by atoms with Gasteiger partial charge in [-0.05, 0) is 67.1 Å². The van der Waals surface area contributed by atoms with Gasteiger partial charge in [-0.15, -0.1) is 0 Å². The zero-order valence-corrected chi connectivity index (χ0v) is 17.7. The lowest BCUT2D eigenvalue weighted by Crippen LogP contribution is -2.45. The van der Waals surface area contributed by atoms with Crippen LogP contribution in [0.4, 0.5) is 22.0 Å². The average molecular weight is 475 g/mol. The Morgan fingerprint density at radius 1 is 1.00 bits per heavy atom. The average Bonchev–Trinajstić information content (AvgIpc) is 3.20. The van der Waals surface area contributed by atoms with E-state index in [0.29, 0.717) is 16.6 Å². The first-order valence-corrected chi connectivity index (χ1v) is 10.2. The highest BCUT2D eigenvalue weighted by molar-refractivity contribution is 5.82. The van der Waals surface area contributed by atoms with Crippen LogP contribution in [0.25, 0.3) is 16.6 Å². The van der Waals surface area contributed by atoms with Crippen molar-refractivity contribution in [2.24, 2.45) is 0 Å². The highest BCUT2D eigenvalue weighted by Crippen LogP contribution is 2.30. The molecule has 0 bridgehead atoms. The van der Waals surface area contributed by atoms with E-state index in [1.54, 1.807) is 41.2 Å². The normalized spacial score (nSPS) is 13.5. The quantitative estimate of drug-likeness (QED) is 0.375. The molecule has 1 amide bonds. The summed E-state index contributed by atoms with van der Waals surface area (Å²) < 4.78 is 72.9. The zero-order valence-electron chi connectivity index (χ0n) is 17.7. The molecule has 1 aromatic heterocycles. The summed E-state index contributed by atoms with van der Waals surface area (Å²) in [6.45, 7) is 1.34. The van der Waals surface area contributed by atoms with Gasteiger partial charge in [0.2, 0.25) is 0 Å². The van der Waals surface area contributed by atoms with E-state index >= 15 is 0 Å². The molecule has 176 valence electrons. The van der Waals surface area contributed by atoms with Gasteiger partial charge in [0, 0.05) is 5.39 Å². The van der Waals surface area contributed by atoms with Crippen LogP contribution in [0, 0.1) is 11.6 Å². The number of fused-ring (bicyclic) bond motifs is 1. The number of aromatic nitrogens is 2. The van der Waals surface area contributed by atoms with Gasteiger partial charge in [0.1, 0.15) is 23.5 Å². The number of carbonyl (C=O) groups excluding carboxylic acids is 1. The number of hydrogen-bond donors (Lipinski definition) is 1. The Labute approximate surface area is 190 Å². The van der Waals surface area contributed by atoms with Gasteiger partial charge in [-0.25, -0.2) is 13.5 Å². The Hall–Kier alpha value is -3.95. The molecule has 34 heavy (non-hydrogen) atoms. The fraction of sp³-hybridized carbons (Fsp3) is 0.167. The van der Waals surface area contributed by atoms with Crippen molar-refractivity contribution in [3.05, 3.63) is 90.1 Å². The Morgan fingerprint density at radius 3 is 2.41 bits per heavy atom. The molecule has 1 heterocycles. The summed E-state index contributed by atoms with van der Waals surface area (Å²) in [5, 5.41) is 6.81. The first-order valence-electron chi connectivity index (χ1n) is 10.2. The molecule has 5 nitrogen and oxygen atoms in total. The van der Waals surface area contributed by atoms with Crippen molar-refractivity contribution in [1.82, 2.24) is 15.1 Å². The second-order valence-electron chi connectivity index (χ2n) is 7.61. The molecule has 1 N–H and O–H groups in total. The number of halogens is 5. The van der Waals surface area contributed by atoms with E-state index < -0.39 is 30.0 Å². The van der Waals surface area contributed by atoms with Crippen LogP contribution in [0.1, 0.15) is 18.6 Å². The van der Waals surface area contributed by atoms with Gasteiger partial charge in [-0.2, -0.15) is 18.3 Å². The van der Waals surface area contributed by atoms with E-state index in [4.69, 9.17) is 4.74 Å². The third-order valence-electron chi connectivity index (χ3n) is 5.12. The maximum absolute atomic E-state index is 13.8. The molecule has 0 radical (unpaired) electrons. The summed E-state index contributed by atoms with van der Waals surface area (Å²) in [6, 6.07) is 14.7. The van der Waals surface area contributed by atoms with Crippen LogP contribution >= 0.6 is 0 Å². The van der Waals surface area contributed by atoms with Crippen LogP contribution in [-0.4, -0.2) is 27.9 Å². The van der Waals surface area contributed by atoms with Gasteiger partial charge in [0.05, 0.1) is 23.4 Å². The molecule has 3 aromatic carbocycles. The molecule has 2 unspecified atom stereocenters. The number of alkyl halides is 3.